The molecule has 1 atom stereocenters. The molecule has 2 N–H and O–H groups in total. The highest BCUT2D eigenvalue weighted by Crippen LogP contribution is 2.37. The zero-order valence-corrected chi connectivity index (χ0v) is 12.2. The number of nitrogens with one attached hydrogen (secondary N) is 2. The maximum atomic E-state index is 12.9. The fourth-order valence-corrected chi connectivity index (χ4v) is 3.45. The van der Waals surface area contributed by atoms with Crippen molar-refractivity contribution in [3.05, 3.63) is 23.9 Å². The molecule has 2 aliphatic heterocycles. The second-order valence-electron chi connectivity index (χ2n) is 5.60. The molecule has 0 bridgehead atoms. The fraction of sp³-hybridized carbons (Fsp3) is 0.533. The Balaban J connectivity index is 1.95. The summed E-state index contributed by atoms with van der Waals surface area (Å²) in [6, 6.07) is 3.51. The first-order valence-electron chi connectivity index (χ1n) is 7.42. The Kier molecular flexibility index (Phi) is 3.53. The molecule has 0 aliphatic carbocycles. The van der Waals surface area contributed by atoms with E-state index in [4.69, 9.17) is 0 Å². The van der Waals surface area contributed by atoms with E-state index in [-0.39, 0.29) is 11.8 Å². The minimum Gasteiger partial charge on any atom is -0.372 e. The summed E-state index contributed by atoms with van der Waals surface area (Å²) in [6.45, 7) is 1.33. The van der Waals surface area contributed by atoms with E-state index in [2.05, 4.69) is 15.6 Å². The van der Waals surface area contributed by atoms with Crippen LogP contribution in [0, 0.1) is 0 Å². The molecule has 0 radical (unpaired) electrons. The third-order valence-corrected chi connectivity index (χ3v) is 4.48. The molecule has 1 spiro atoms. The maximum Gasteiger partial charge on any atom is 0.258 e. The van der Waals surface area contributed by atoms with E-state index in [0.717, 1.165) is 25.7 Å². The number of aromatic nitrogens is 1. The van der Waals surface area contributed by atoms with Crippen molar-refractivity contribution in [1.29, 1.82) is 0 Å². The second-order valence-corrected chi connectivity index (χ2v) is 5.60. The lowest BCUT2D eigenvalue weighted by atomic mass is 9.86. The number of anilines is 1. The summed E-state index contributed by atoms with van der Waals surface area (Å²) in [5.41, 5.74) is -0.129. The van der Waals surface area contributed by atoms with Crippen LogP contribution in [0.2, 0.25) is 0 Å². The average Bonchev–Trinajstić information content (AvgIpc) is 2.94. The summed E-state index contributed by atoms with van der Waals surface area (Å²) in [5.74, 6) is 0.442. The van der Waals surface area contributed by atoms with Crippen molar-refractivity contribution in [3.8, 4) is 0 Å². The van der Waals surface area contributed by atoms with Gasteiger partial charge in [0, 0.05) is 26.3 Å². The van der Waals surface area contributed by atoms with Crippen molar-refractivity contribution in [1.82, 2.24) is 15.2 Å². The summed E-state index contributed by atoms with van der Waals surface area (Å²) in [4.78, 5) is 31.2. The first kappa shape index (κ1) is 13.9. The lowest BCUT2D eigenvalue weighted by molar-refractivity contribution is -0.133. The van der Waals surface area contributed by atoms with Gasteiger partial charge in [0.15, 0.2) is 0 Å². The number of pyridine rings is 1. The first-order chi connectivity index (χ1) is 10.2. The van der Waals surface area contributed by atoms with Gasteiger partial charge in [-0.2, -0.15) is 0 Å². The molecule has 1 aromatic heterocycles. The Bertz CT molecular complexity index is 575. The third-order valence-electron chi connectivity index (χ3n) is 4.48. The van der Waals surface area contributed by atoms with Crippen LogP contribution in [-0.2, 0) is 4.79 Å². The molecule has 2 amide bonds. The summed E-state index contributed by atoms with van der Waals surface area (Å²) < 4.78 is 0. The van der Waals surface area contributed by atoms with E-state index in [9.17, 15) is 9.59 Å². The fourth-order valence-electron chi connectivity index (χ4n) is 3.45. The molecule has 6 nitrogen and oxygen atoms in total. The minimum atomic E-state index is -0.657. The van der Waals surface area contributed by atoms with Crippen LogP contribution in [0.5, 0.6) is 0 Å². The Labute approximate surface area is 123 Å². The highest BCUT2D eigenvalue weighted by molar-refractivity contribution is 6.02. The molecule has 1 unspecified atom stereocenters. The lowest BCUT2D eigenvalue weighted by Gasteiger charge is -2.40. The summed E-state index contributed by atoms with van der Waals surface area (Å²) in [7, 11) is 1.74. The smallest absolute Gasteiger partial charge is 0.258 e. The predicted molar refractivity (Wildman–Crippen MR) is 79.0 cm³/mol. The summed E-state index contributed by atoms with van der Waals surface area (Å²) >= 11 is 0. The van der Waals surface area contributed by atoms with Crippen molar-refractivity contribution in [2.24, 2.45) is 0 Å². The Morgan fingerprint density at radius 2 is 2.24 bits per heavy atom. The van der Waals surface area contributed by atoms with Gasteiger partial charge in [-0.3, -0.25) is 9.59 Å². The number of nitrogens with zero attached hydrogens (tertiary/aromatic N) is 2. The maximum absolute atomic E-state index is 12.9. The van der Waals surface area contributed by atoms with Gasteiger partial charge in [-0.15, -0.1) is 0 Å². The largest absolute Gasteiger partial charge is 0.372 e. The highest BCUT2D eigenvalue weighted by Gasteiger charge is 2.50. The Hall–Kier alpha value is -2.11. The minimum absolute atomic E-state index is 0.00509. The number of hydrogen-bond donors (Lipinski definition) is 2. The molecule has 6 heteroatoms. The molecular weight excluding hydrogens is 268 g/mol. The monoisotopic (exact) mass is 288 g/mol. The molecule has 21 heavy (non-hydrogen) atoms. The number of carbonyl (C=O) groups excluding carboxylic acids is 2. The zero-order chi connectivity index (χ0) is 14.9. The van der Waals surface area contributed by atoms with Crippen LogP contribution in [-0.4, -0.2) is 47.4 Å². The van der Waals surface area contributed by atoms with Gasteiger partial charge < -0.3 is 15.5 Å². The van der Waals surface area contributed by atoms with E-state index >= 15 is 0 Å². The number of likely N-dealkylation sites (tertiary alicyclic amines) is 1. The molecule has 0 aromatic carbocycles. The zero-order valence-electron chi connectivity index (χ0n) is 12.2. The predicted octanol–water partition coefficient (Wildman–Crippen LogP) is 1.01. The molecule has 3 heterocycles. The normalized spacial score (nSPS) is 25.0. The molecule has 0 saturated carbocycles. The Morgan fingerprint density at radius 3 is 3.00 bits per heavy atom. The average molecular weight is 288 g/mol. The number of amides is 2. The standard InChI is InChI=1S/C15H20N4O2/c1-16-12-11(5-2-8-17-12)13(20)19-10-4-7-15(19)6-3-9-18-14(15)21/h2,5,8H,3-4,6-7,9-10H2,1H3,(H,16,17)(H,18,21). The summed E-state index contributed by atoms with van der Waals surface area (Å²) in [6.07, 6.45) is 4.94. The van der Waals surface area contributed by atoms with Gasteiger partial charge in [-0.05, 0) is 37.8 Å². The van der Waals surface area contributed by atoms with Crippen LogP contribution in [0.25, 0.3) is 0 Å². The Morgan fingerprint density at radius 1 is 1.43 bits per heavy atom. The lowest BCUT2D eigenvalue weighted by Crippen LogP contribution is -2.60. The highest BCUT2D eigenvalue weighted by atomic mass is 16.2. The van der Waals surface area contributed by atoms with Crippen molar-refractivity contribution < 1.29 is 9.59 Å². The quantitative estimate of drug-likeness (QED) is 0.851. The number of carbonyl (C=O) groups is 2. The molecular formula is C15H20N4O2. The van der Waals surface area contributed by atoms with Gasteiger partial charge in [-0.25, -0.2) is 4.98 Å². The van der Waals surface area contributed by atoms with Crippen LogP contribution in [0.4, 0.5) is 5.82 Å². The van der Waals surface area contributed by atoms with Crippen molar-refractivity contribution >= 4 is 17.6 Å². The third kappa shape index (κ3) is 2.14. The number of hydrogen-bond acceptors (Lipinski definition) is 4. The SMILES string of the molecule is CNc1ncccc1C(=O)N1CCCC12CCCNC2=O. The van der Waals surface area contributed by atoms with E-state index in [0.29, 0.717) is 24.5 Å². The number of piperidine rings is 1. The van der Waals surface area contributed by atoms with E-state index < -0.39 is 5.54 Å². The topological polar surface area (TPSA) is 74.3 Å². The molecule has 3 rings (SSSR count). The van der Waals surface area contributed by atoms with Gasteiger partial charge >= 0.3 is 0 Å². The van der Waals surface area contributed by atoms with Crippen LogP contribution in [0.1, 0.15) is 36.0 Å². The van der Waals surface area contributed by atoms with Gasteiger partial charge in [-0.1, -0.05) is 0 Å². The summed E-state index contributed by atoms with van der Waals surface area (Å²) in [5, 5.41) is 5.86. The second kappa shape index (κ2) is 5.35. The first-order valence-corrected chi connectivity index (χ1v) is 7.42. The van der Waals surface area contributed by atoms with Gasteiger partial charge in [0.05, 0.1) is 5.56 Å². The molecule has 2 fully saturated rings. The van der Waals surface area contributed by atoms with Crippen LogP contribution in [0.15, 0.2) is 18.3 Å². The molecule has 2 aliphatic rings. The van der Waals surface area contributed by atoms with Crippen LogP contribution < -0.4 is 10.6 Å². The van der Waals surface area contributed by atoms with Crippen molar-refractivity contribution in [3.63, 3.8) is 0 Å². The van der Waals surface area contributed by atoms with Gasteiger partial charge in [0.1, 0.15) is 11.4 Å². The van der Waals surface area contributed by atoms with Crippen LogP contribution in [0.3, 0.4) is 0 Å². The molecule has 1 aromatic rings. The van der Waals surface area contributed by atoms with Gasteiger partial charge in [0.2, 0.25) is 5.91 Å². The van der Waals surface area contributed by atoms with Crippen molar-refractivity contribution in [2.45, 2.75) is 31.2 Å². The van der Waals surface area contributed by atoms with E-state index in [1.54, 1.807) is 30.3 Å². The van der Waals surface area contributed by atoms with Gasteiger partial charge in [0.25, 0.3) is 5.91 Å². The van der Waals surface area contributed by atoms with Crippen molar-refractivity contribution in [2.75, 3.05) is 25.5 Å². The van der Waals surface area contributed by atoms with E-state index in [1.807, 2.05) is 0 Å². The van der Waals surface area contributed by atoms with Crippen LogP contribution >= 0.6 is 0 Å². The molecule has 2 saturated heterocycles. The number of rotatable bonds is 2. The van der Waals surface area contributed by atoms with E-state index in [1.165, 1.54) is 0 Å². The molecule has 112 valence electrons.